The van der Waals surface area contributed by atoms with Crippen molar-refractivity contribution in [3.8, 4) is 0 Å². The van der Waals surface area contributed by atoms with E-state index in [9.17, 15) is 4.79 Å². The molecule has 4 nitrogen and oxygen atoms in total. The quantitative estimate of drug-likeness (QED) is 0.726. The predicted molar refractivity (Wildman–Crippen MR) is 52.6 cm³/mol. The fraction of sp³-hybridized carbons (Fsp3) is 0.556. The van der Waals surface area contributed by atoms with Crippen LogP contribution in [-0.2, 0) is 12.8 Å². The summed E-state index contributed by atoms with van der Waals surface area (Å²) in [5, 5.41) is 0. The summed E-state index contributed by atoms with van der Waals surface area (Å²) in [4.78, 5) is 18.2. The van der Waals surface area contributed by atoms with E-state index in [0.717, 1.165) is 6.42 Å². The van der Waals surface area contributed by atoms with E-state index in [-0.39, 0.29) is 5.56 Å². The maximum atomic E-state index is 11.4. The molecule has 13 heavy (non-hydrogen) atoms. The lowest BCUT2D eigenvalue weighted by molar-refractivity contribution is 0.854. The number of aryl methyl sites for hydroxylation is 1. The Kier molecular flexibility index (Phi) is 3.06. The van der Waals surface area contributed by atoms with Crippen molar-refractivity contribution >= 4 is 5.82 Å². The molecule has 0 fully saturated rings. The van der Waals surface area contributed by atoms with Crippen LogP contribution in [0.25, 0.3) is 0 Å². The Balaban J connectivity index is 3.15. The van der Waals surface area contributed by atoms with Crippen LogP contribution >= 0.6 is 0 Å². The molecule has 0 radical (unpaired) electrons. The van der Waals surface area contributed by atoms with Crippen LogP contribution in [0.3, 0.4) is 0 Å². The third-order valence-corrected chi connectivity index (χ3v) is 1.93. The summed E-state index contributed by atoms with van der Waals surface area (Å²) in [6.45, 7) is 3.93. The zero-order valence-corrected chi connectivity index (χ0v) is 8.05. The molecule has 0 aromatic carbocycles. The van der Waals surface area contributed by atoms with E-state index in [4.69, 9.17) is 5.73 Å². The SMILES string of the molecule is CCCc1c(N)nc(CC)[nH]c1=O. The van der Waals surface area contributed by atoms with E-state index in [0.29, 0.717) is 30.0 Å². The van der Waals surface area contributed by atoms with Gasteiger partial charge in [0.1, 0.15) is 11.6 Å². The second kappa shape index (κ2) is 4.07. The van der Waals surface area contributed by atoms with E-state index < -0.39 is 0 Å². The minimum Gasteiger partial charge on any atom is -0.383 e. The minimum atomic E-state index is -0.0915. The van der Waals surface area contributed by atoms with Gasteiger partial charge in [0.25, 0.3) is 5.56 Å². The van der Waals surface area contributed by atoms with E-state index in [1.807, 2.05) is 13.8 Å². The van der Waals surface area contributed by atoms with Gasteiger partial charge in [-0.25, -0.2) is 4.98 Å². The van der Waals surface area contributed by atoms with Crippen LogP contribution in [0.15, 0.2) is 4.79 Å². The molecule has 0 amide bonds. The smallest absolute Gasteiger partial charge is 0.256 e. The van der Waals surface area contributed by atoms with Crippen LogP contribution in [0, 0.1) is 0 Å². The van der Waals surface area contributed by atoms with Crippen LogP contribution in [0.4, 0.5) is 5.82 Å². The molecule has 1 aromatic heterocycles. The summed E-state index contributed by atoms with van der Waals surface area (Å²) < 4.78 is 0. The van der Waals surface area contributed by atoms with Gasteiger partial charge < -0.3 is 10.7 Å². The Morgan fingerprint density at radius 3 is 2.62 bits per heavy atom. The van der Waals surface area contributed by atoms with Gasteiger partial charge in [0.15, 0.2) is 0 Å². The van der Waals surface area contributed by atoms with E-state index >= 15 is 0 Å². The van der Waals surface area contributed by atoms with E-state index in [2.05, 4.69) is 9.97 Å². The molecule has 0 spiro atoms. The number of hydrogen-bond acceptors (Lipinski definition) is 3. The van der Waals surface area contributed by atoms with Gasteiger partial charge in [0.05, 0.1) is 5.56 Å². The molecule has 0 atom stereocenters. The average Bonchev–Trinajstić information content (AvgIpc) is 2.11. The normalized spacial score (nSPS) is 10.3. The minimum absolute atomic E-state index is 0.0915. The molecule has 0 aliphatic carbocycles. The number of hydrogen-bond donors (Lipinski definition) is 2. The van der Waals surface area contributed by atoms with Crippen molar-refractivity contribution in [3.63, 3.8) is 0 Å². The zero-order valence-electron chi connectivity index (χ0n) is 8.05. The number of nitrogens with one attached hydrogen (secondary N) is 1. The van der Waals surface area contributed by atoms with Crippen LogP contribution in [0.1, 0.15) is 31.7 Å². The van der Waals surface area contributed by atoms with Crippen molar-refractivity contribution < 1.29 is 0 Å². The van der Waals surface area contributed by atoms with Gasteiger partial charge in [-0.3, -0.25) is 4.79 Å². The number of aromatic amines is 1. The lowest BCUT2D eigenvalue weighted by Crippen LogP contribution is -2.19. The molecule has 0 aliphatic heterocycles. The molecule has 1 rings (SSSR count). The van der Waals surface area contributed by atoms with Gasteiger partial charge in [0.2, 0.25) is 0 Å². The largest absolute Gasteiger partial charge is 0.383 e. The molecule has 0 aliphatic rings. The number of H-pyrrole nitrogens is 1. The number of rotatable bonds is 3. The summed E-state index contributed by atoms with van der Waals surface area (Å²) >= 11 is 0. The summed E-state index contributed by atoms with van der Waals surface area (Å²) in [6, 6.07) is 0. The Morgan fingerprint density at radius 2 is 2.15 bits per heavy atom. The molecule has 0 saturated heterocycles. The Morgan fingerprint density at radius 1 is 1.46 bits per heavy atom. The average molecular weight is 181 g/mol. The number of anilines is 1. The predicted octanol–water partition coefficient (Wildman–Crippen LogP) is 0.867. The van der Waals surface area contributed by atoms with Gasteiger partial charge in [-0.1, -0.05) is 20.3 Å². The summed E-state index contributed by atoms with van der Waals surface area (Å²) in [6.07, 6.45) is 2.30. The molecular weight excluding hydrogens is 166 g/mol. The number of nitrogens with zero attached hydrogens (tertiary/aromatic N) is 1. The van der Waals surface area contributed by atoms with Gasteiger partial charge in [-0.05, 0) is 6.42 Å². The monoisotopic (exact) mass is 181 g/mol. The molecule has 1 aromatic rings. The first-order valence-electron chi connectivity index (χ1n) is 4.56. The van der Waals surface area contributed by atoms with Crippen molar-refractivity contribution in [3.05, 3.63) is 21.7 Å². The Labute approximate surface area is 77.2 Å². The van der Waals surface area contributed by atoms with Gasteiger partial charge in [-0.2, -0.15) is 0 Å². The first-order chi connectivity index (χ1) is 6.19. The van der Waals surface area contributed by atoms with Gasteiger partial charge in [0, 0.05) is 6.42 Å². The summed E-state index contributed by atoms with van der Waals surface area (Å²) in [5.41, 5.74) is 6.17. The summed E-state index contributed by atoms with van der Waals surface area (Å²) in [5.74, 6) is 1.03. The summed E-state index contributed by atoms with van der Waals surface area (Å²) in [7, 11) is 0. The molecule has 0 saturated carbocycles. The zero-order chi connectivity index (χ0) is 9.84. The molecule has 0 unspecified atom stereocenters. The van der Waals surface area contributed by atoms with Crippen LogP contribution in [0.2, 0.25) is 0 Å². The van der Waals surface area contributed by atoms with Crippen molar-refractivity contribution in [1.29, 1.82) is 0 Å². The molecule has 1 heterocycles. The Bertz CT molecular complexity index is 343. The van der Waals surface area contributed by atoms with Gasteiger partial charge in [-0.15, -0.1) is 0 Å². The number of nitrogen functional groups attached to an aromatic ring is 1. The number of aromatic nitrogens is 2. The Hall–Kier alpha value is -1.32. The molecule has 0 bridgehead atoms. The van der Waals surface area contributed by atoms with Crippen LogP contribution in [0.5, 0.6) is 0 Å². The third-order valence-electron chi connectivity index (χ3n) is 1.93. The maximum Gasteiger partial charge on any atom is 0.256 e. The van der Waals surface area contributed by atoms with Crippen molar-refractivity contribution in [2.45, 2.75) is 33.1 Å². The standard InChI is InChI=1S/C9H15N3O/c1-3-5-6-8(10)11-7(4-2)12-9(6)13/h3-5H2,1-2H3,(H3,10,11,12,13). The fourth-order valence-electron chi connectivity index (χ4n) is 1.22. The maximum absolute atomic E-state index is 11.4. The topological polar surface area (TPSA) is 71.8 Å². The molecule has 72 valence electrons. The highest BCUT2D eigenvalue weighted by molar-refractivity contribution is 5.37. The molecule has 4 heteroatoms. The number of nitrogens with two attached hydrogens (primary N) is 1. The fourth-order valence-corrected chi connectivity index (χ4v) is 1.22. The second-order valence-electron chi connectivity index (χ2n) is 2.98. The lowest BCUT2D eigenvalue weighted by Gasteiger charge is -2.03. The molecular formula is C9H15N3O. The second-order valence-corrected chi connectivity index (χ2v) is 2.98. The van der Waals surface area contributed by atoms with E-state index in [1.54, 1.807) is 0 Å². The van der Waals surface area contributed by atoms with E-state index in [1.165, 1.54) is 0 Å². The first kappa shape index (κ1) is 9.77. The van der Waals surface area contributed by atoms with Crippen LogP contribution < -0.4 is 11.3 Å². The lowest BCUT2D eigenvalue weighted by atomic mass is 10.2. The molecule has 3 N–H and O–H groups in total. The van der Waals surface area contributed by atoms with Crippen molar-refractivity contribution in [2.75, 3.05) is 5.73 Å². The van der Waals surface area contributed by atoms with Crippen molar-refractivity contribution in [2.24, 2.45) is 0 Å². The highest BCUT2D eigenvalue weighted by atomic mass is 16.1. The van der Waals surface area contributed by atoms with Crippen molar-refractivity contribution in [1.82, 2.24) is 9.97 Å². The van der Waals surface area contributed by atoms with Crippen LogP contribution in [-0.4, -0.2) is 9.97 Å². The third kappa shape index (κ3) is 2.08. The van der Waals surface area contributed by atoms with Gasteiger partial charge >= 0.3 is 0 Å². The highest BCUT2D eigenvalue weighted by Crippen LogP contribution is 2.05. The highest BCUT2D eigenvalue weighted by Gasteiger charge is 2.06. The first-order valence-corrected chi connectivity index (χ1v) is 4.56.